The van der Waals surface area contributed by atoms with Gasteiger partial charge in [0.05, 0.1) is 0 Å². The molecule has 0 saturated heterocycles. The lowest BCUT2D eigenvalue weighted by molar-refractivity contribution is 0.885. The summed E-state index contributed by atoms with van der Waals surface area (Å²) in [5.41, 5.74) is 1.38. The van der Waals surface area contributed by atoms with Gasteiger partial charge in [0.2, 0.25) is 0 Å². The molecule has 18 heavy (non-hydrogen) atoms. The predicted molar refractivity (Wildman–Crippen MR) is 70.3 cm³/mol. The number of halogens is 1. The Morgan fingerprint density at radius 2 is 2.11 bits per heavy atom. The summed E-state index contributed by atoms with van der Waals surface area (Å²) in [7, 11) is 1.87. The highest BCUT2D eigenvalue weighted by molar-refractivity contribution is 6.30. The van der Waals surface area contributed by atoms with Crippen LogP contribution in [-0.4, -0.2) is 17.0 Å². The Hall–Kier alpha value is -2.12. The van der Waals surface area contributed by atoms with Crippen molar-refractivity contribution in [3.63, 3.8) is 0 Å². The quantitative estimate of drug-likeness (QED) is 0.849. The highest BCUT2D eigenvalue weighted by Gasteiger charge is 2.10. The van der Waals surface area contributed by atoms with Crippen molar-refractivity contribution in [3.05, 3.63) is 52.9 Å². The lowest BCUT2D eigenvalue weighted by atomic mass is 10.2. The van der Waals surface area contributed by atoms with Crippen LogP contribution in [-0.2, 0) is 6.54 Å². The minimum atomic E-state index is 0.321. The maximum Gasteiger partial charge on any atom is 0.183 e. The van der Waals surface area contributed by atoms with Crippen LogP contribution in [0.25, 0.3) is 0 Å². The number of benzene rings is 1. The highest BCUT2D eigenvalue weighted by Crippen LogP contribution is 2.17. The van der Waals surface area contributed by atoms with E-state index in [2.05, 4.69) is 9.97 Å². The van der Waals surface area contributed by atoms with Crippen molar-refractivity contribution < 1.29 is 0 Å². The van der Waals surface area contributed by atoms with Crippen LogP contribution in [0, 0.1) is 11.3 Å². The van der Waals surface area contributed by atoms with Gasteiger partial charge in [-0.2, -0.15) is 5.26 Å². The Labute approximate surface area is 110 Å². The predicted octanol–water partition coefficient (Wildman–Crippen LogP) is 2.64. The molecule has 0 fully saturated rings. The first-order valence-corrected chi connectivity index (χ1v) is 5.75. The molecule has 0 radical (unpaired) electrons. The number of nitriles is 1. The van der Waals surface area contributed by atoms with E-state index in [0.717, 1.165) is 5.56 Å². The molecule has 2 aromatic rings. The van der Waals surface area contributed by atoms with Gasteiger partial charge in [0, 0.05) is 31.0 Å². The van der Waals surface area contributed by atoms with Gasteiger partial charge in [-0.3, -0.25) is 0 Å². The molecule has 0 aliphatic rings. The molecule has 0 aliphatic carbocycles. The molecule has 0 aliphatic heterocycles. The Balaban J connectivity index is 2.22. The first-order valence-electron chi connectivity index (χ1n) is 5.37. The fourth-order valence-corrected chi connectivity index (χ4v) is 1.89. The smallest absolute Gasteiger partial charge is 0.183 e. The minimum absolute atomic E-state index is 0.321. The zero-order chi connectivity index (χ0) is 13.0. The standard InChI is InChI=1S/C13H11ClN4/c1-18(9-10-3-2-4-11(14)7-10)13-12(8-15)16-5-6-17-13/h2-7H,9H2,1H3. The van der Waals surface area contributed by atoms with Crippen LogP contribution in [0.15, 0.2) is 36.7 Å². The van der Waals surface area contributed by atoms with Crippen molar-refractivity contribution in [1.29, 1.82) is 5.26 Å². The summed E-state index contributed by atoms with van der Waals surface area (Å²) in [5.74, 6) is 0.569. The van der Waals surface area contributed by atoms with Crippen molar-refractivity contribution >= 4 is 17.4 Å². The molecule has 0 N–H and O–H groups in total. The molecule has 0 saturated carbocycles. The minimum Gasteiger partial charge on any atom is -0.353 e. The molecule has 2 rings (SSSR count). The van der Waals surface area contributed by atoms with Crippen LogP contribution >= 0.6 is 11.6 Å². The van der Waals surface area contributed by atoms with E-state index in [4.69, 9.17) is 16.9 Å². The summed E-state index contributed by atoms with van der Waals surface area (Å²) in [6.45, 7) is 0.619. The van der Waals surface area contributed by atoms with Crippen molar-refractivity contribution in [2.45, 2.75) is 6.54 Å². The topological polar surface area (TPSA) is 52.8 Å². The Morgan fingerprint density at radius 3 is 2.83 bits per heavy atom. The number of rotatable bonds is 3. The van der Waals surface area contributed by atoms with Crippen LogP contribution in [0.1, 0.15) is 11.3 Å². The molecular weight excluding hydrogens is 248 g/mol. The van der Waals surface area contributed by atoms with E-state index in [-0.39, 0.29) is 0 Å². The molecule has 0 unspecified atom stereocenters. The molecule has 0 atom stereocenters. The van der Waals surface area contributed by atoms with Gasteiger partial charge < -0.3 is 4.90 Å². The van der Waals surface area contributed by atoms with Gasteiger partial charge in [0.25, 0.3) is 0 Å². The van der Waals surface area contributed by atoms with Crippen molar-refractivity contribution in [2.24, 2.45) is 0 Å². The molecule has 0 bridgehead atoms. The molecule has 1 aromatic carbocycles. The lowest BCUT2D eigenvalue weighted by Crippen LogP contribution is -2.19. The zero-order valence-electron chi connectivity index (χ0n) is 9.84. The normalized spacial score (nSPS) is 9.83. The molecular formula is C13H11ClN4. The highest BCUT2D eigenvalue weighted by atomic mass is 35.5. The molecule has 5 heteroatoms. The Kier molecular flexibility index (Phi) is 3.75. The second-order valence-electron chi connectivity index (χ2n) is 3.83. The fourth-order valence-electron chi connectivity index (χ4n) is 1.67. The van der Waals surface area contributed by atoms with Crippen molar-refractivity contribution in [2.75, 3.05) is 11.9 Å². The third-order valence-electron chi connectivity index (χ3n) is 2.46. The Bertz CT molecular complexity index is 592. The van der Waals surface area contributed by atoms with Gasteiger partial charge in [0.15, 0.2) is 11.5 Å². The van der Waals surface area contributed by atoms with Crippen LogP contribution < -0.4 is 4.90 Å². The average molecular weight is 259 g/mol. The summed E-state index contributed by atoms with van der Waals surface area (Å²) in [6, 6.07) is 9.62. The second-order valence-corrected chi connectivity index (χ2v) is 4.26. The van der Waals surface area contributed by atoms with Gasteiger partial charge >= 0.3 is 0 Å². The average Bonchev–Trinajstić information content (AvgIpc) is 2.38. The first kappa shape index (κ1) is 12.3. The van der Waals surface area contributed by atoms with Gasteiger partial charge in [-0.25, -0.2) is 9.97 Å². The van der Waals surface area contributed by atoms with Crippen LogP contribution in [0.3, 0.4) is 0 Å². The molecule has 1 heterocycles. The number of nitrogens with zero attached hydrogens (tertiary/aromatic N) is 4. The fraction of sp³-hybridized carbons (Fsp3) is 0.154. The first-order chi connectivity index (χ1) is 8.70. The van der Waals surface area contributed by atoms with E-state index >= 15 is 0 Å². The number of anilines is 1. The molecule has 0 amide bonds. The third kappa shape index (κ3) is 2.76. The summed E-state index contributed by atoms with van der Waals surface area (Å²) in [4.78, 5) is 10.0. The summed E-state index contributed by atoms with van der Waals surface area (Å²) in [6.07, 6.45) is 3.08. The van der Waals surface area contributed by atoms with E-state index < -0.39 is 0 Å². The Morgan fingerprint density at radius 1 is 1.33 bits per heavy atom. The number of hydrogen-bond acceptors (Lipinski definition) is 4. The van der Waals surface area contributed by atoms with Gasteiger partial charge in [-0.05, 0) is 17.7 Å². The largest absolute Gasteiger partial charge is 0.353 e. The van der Waals surface area contributed by atoms with Crippen LogP contribution in [0.5, 0.6) is 0 Å². The number of aromatic nitrogens is 2. The van der Waals surface area contributed by atoms with Gasteiger partial charge in [-0.1, -0.05) is 23.7 Å². The lowest BCUT2D eigenvalue weighted by Gasteiger charge is -2.18. The summed E-state index contributed by atoms with van der Waals surface area (Å²) < 4.78 is 0. The van der Waals surface area contributed by atoms with Gasteiger partial charge in [0.1, 0.15) is 6.07 Å². The maximum atomic E-state index is 8.98. The zero-order valence-corrected chi connectivity index (χ0v) is 10.6. The third-order valence-corrected chi connectivity index (χ3v) is 2.69. The second kappa shape index (κ2) is 5.48. The van der Waals surface area contributed by atoms with Gasteiger partial charge in [-0.15, -0.1) is 0 Å². The monoisotopic (exact) mass is 258 g/mol. The molecule has 90 valence electrons. The van der Waals surface area contributed by atoms with Crippen molar-refractivity contribution in [1.82, 2.24) is 9.97 Å². The molecule has 4 nitrogen and oxygen atoms in total. The maximum absolute atomic E-state index is 8.98. The molecule has 1 aromatic heterocycles. The van der Waals surface area contributed by atoms with E-state index in [1.54, 1.807) is 6.20 Å². The van der Waals surface area contributed by atoms with E-state index in [1.807, 2.05) is 42.3 Å². The van der Waals surface area contributed by atoms with E-state index in [1.165, 1.54) is 6.20 Å². The summed E-state index contributed by atoms with van der Waals surface area (Å²) in [5, 5.41) is 9.67. The number of hydrogen-bond donors (Lipinski definition) is 0. The van der Waals surface area contributed by atoms with Crippen LogP contribution in [0.2, 0.25) is 5.02 Å². The van der Waals surface area contributed by atoms with E-state index in [0.29, 0.717) is 23.1 Å². The summed E-state index contributed by atoms with van der Waals surface area (Å²) >= 11 is 5.93. The van der Waals surface area contributed by atoms with Crippen molar-refractivity contribution in [3.8, 4) is 6.07 Å². The van der Waals surface area contributed by atoms with E-state index in [9.17, 15) is 0 Å². The molecule has 0 spiro atoms. The van der Waals surface area contributed by atoms with Crippen LogP contribution in [0.4, 0.5) is 5.82 Å². The SMILES string of the molecule is CN(Cc1cccc(Cl)c1)c1nccnc1C#N.